The van der Waals surface area contributed by atoms with Crippen LogP contribution in [-0.4, -0.2) is 15.9 Å². The average molecular weight is 375 g/mol. The van der Waals surface area contributed by atoms with E-state index in [-0.39, 0.29) is 5.91 Å². The quantitative estimate of drug-likeness (QED) is 0.514. The molecular formula is C22H25N5O. The number of nitrogens with one attached hydrogen (secondary N) is 2. The molecule has 0 bridgehead atoms. The summed E-state index contributed by atoms with van der Waals surface area (Å²) in [4.78, 5) is 20.9. The van der Waals surface area contributed by atoms with Crippen molar-refractivity contribution < 1.29 is 4.79 Å². The lowest BCUT2D eigenvalue weighted by molar-refractivity contribution is -0.117. The molecule has 0 fully saturated rings. The zero-order chi connectivity index (χ0) is 19.9. The number of hydrogen-bond donors (Lipinski definition) is 3. The highest BCUT2D eigenvalue weighted by Gasteiger charge is 2.08. The van der Waals surface area contributed by atoms with Crippen LogP contribution >= 0.6 is 0 Å². The molecule has 0 aliphatic heterocycles. The van der Waals surface area contributed by atoms with Crippen LogP contribution in [0.4, 0.5) is 23.0 Å². The molecule has 144 valence electrons. The van der Waals surface area contributed by atoms with E-state index in [1.165, 1.54) is 0 Å². The summed E-state index contributed by atoms with van der Waals surface area (Å²) in [5, 5.41) is 6.10. The number of benzene rings is 2. The van der Waals surface area contributed by atoms with Crippen LogP contribution in [0.2, 0.25) is 0 Å². The van der Waals surface area contributed by atoms with Crippen molar-refractivity contribution in [1.82, 2.24) is 9.97 Å². The summed E-state index contributed by atoms with van der Waals surface area (Å²) in [6.45, 7) is 4.16. The Morgan fingerprint density at radius 1 is 1.11 bits per heavy atom. The zero-order valence-corrected chi connectivity index (χ0v) is 16.1. The summed E-state index contributed by atoms with van der Waals surface area (Å²) in [5.74, 6) is 0.915. The summed E-state index contributed by atoms with van der Waals surface area (Å²) >= 11 is 0. The molecule has 1 aromatic heterocycles. The van der Waals surface area contributed by atoms with Gasteiger partial charge in [-0.2, -0.15) is 0 Å². The maximum absolute atomic E-state index is 12.0. The van der Waals surface area contributed by atoms with Crippen LogP contribution in [0.5, 0.6) is 0 Å². The number of aromatic nitrogens is 2. The van der Waals surface area contributed by atoms with Gasteiger partial charge in [-0.3, -0.25) is 4.79 Å². The number of anilines is 4. The monoisotopic (exact) mass is 375 g/mol. The number of carbonyl (C=O) groups is 1. The first-order valence-corrected chi connectivity index (χ1v) is 9.39. The highest BCUT2D eigenvalue weighted by Crippen LogP contribution is 2.22. The van der Waals surface area contributed by atoms with E-state index in [4.69, 9.17) is 5.73 Å². The number of nitrogens with two attached hydrogens (primary N) is 1. The number of nitrogens with zero attached hydrogens (tertiary/aromatic N) is 2. The molecule has 0 aliphatic carbocycles. The lowest BCUT2D eigenvalue weighted by Crippen LogP contribution is -2.14. The summed E-state index contributed by atoms with van der Waals surface area (Å²) in [7, 11) is 0. The van der Waals surface area contributed by atoms with Crippen molar-refractivity contribution in [2.75, 3.05) is 16.4 Å². The lowest BCUT2D eigenvalue weighted by atomic mass is 10.0. The standard InChI is InChI=1S/C22H25N5O/c1-3-15(2)13-21(28)25-18-9-7-16(8-10-18)20-11-12-24-22(27-20)26-19-6-4-5-17(23)14-19/h4-12,14-15H,3,13,23H2,1-2H3,(H,25,28)(H,24,26,27). The van der Waals surface area contributed by atoms with Gasteiger partial charge < -0.3 is 16.4 Å². The fourth-order valence-electron chi connectivity index (χ4n) is 2.72. The number of nitrogen functional groups attached to an aromatic ring is 1. The van der Waals surface area contributed by atoms with Gasteiger partial charge in [-0.1, -0.05) is 38.5 Å². The number of amides is 1. The molecule has 1 unspecified atom stereocenters. The van der Waals surface area contributed by atoms with Gasteiger partial charge in [0.15, 0.2) is 0 Å². The van der Waals surface area contributed by atoms with E-state index in [0.29, 0.717) is 24.0 Å². The minimum absolute atomic E-state index is 0.0396. The average Bonchev–Trinajstić information content (AvgIpc) is 2.68. The molecule has 28 heavy (non-hydrogen) atoms. The molecule has 1 amide bonds. The SMILES string of the molecule is CCC(C)CC(=O)Nc1ccc(-c2ccnc(Nc3cccc(N)c3)n2)cc1. The third-order valence-corrected chi connectivity index (χ3v) is 4.49. The number of rotatable bonds is 7. The fraction of sp³-hybridized carbons (Fsp3) is 0.227. The van der Waals surface area contributed by atoms with E-state index in [1.807, 2.05) is 54.6 Å². The Kier molecular flexibility index (Phi) is 6.22. The molecule has 0 aliphatic rings. The van der Waals surface area contributed by atoms with E-state index < -0.39 is 0 Å². The Hall–Kier alpha value is -3.41. The molecule has 0 saturated heterocycles. The summed E-state index contributed by atoms with van der Waals surface area (Å²) < 4.78 is 0. The Morgan fingerprint density at radius 2 is 1.89 bits per heavy atom. The molecule has 0 spiro atoms. The van der Waals surface area contributed by atoms with E-state index in [9.17, 15) is 4.79 Å². The van der Waals surface area contributed by atoms with Gasteiger partial charge in [0.1, 0.15) is 0 Å². The predicted octanol–water partition coefficient (Wildman–Crippen LogP) is 4.84. The van der Waals surface area contributed by atoms with Gasteiger partial charge >= 0.3 is 0 Å². The number of hydrogen-bond acceptors (Lipinski definition) is 5. The fourth-order valence-corrected chi connectivity index (χ4v) is 2.72. The van der Waals surface area contributed by atoms with Crippen LogP contribution in [0.1, 0.15) is 26.7 Å². The molecule has 3 aromatic rings. The molecule has 4 N–H and O–H groups in total. The van der Waals surface area contributed by atoms with Crippen molar-refractivity contribution in [2.24, 2.45) is 5.92 Å². The Balaban J connectivity index is 1.69. The third kappa shape index (κ3) is 5.30. The van der Waals surface area contributed by atoms with E-state index >= 15 is 0 Å². The highest BCUT2D eigenvalue weighted by molar-refractivity contribution is 5.91. The second-order valence-electron chi connectivity index (χ2n) is 6.86. The second-order valence-corrected chi connectivity index (χ2v) is 6.86. The Bertz CT molecular complexity index is 940. The van der Waals surface area contributed by atoms with Crippen LogP contribution in [0.15, 0.2) is 60.8 Å². The first-order valence-electron chi connectivity index (χ1n) is 9.39. The maximum Gasteiger partial charge on any atom is 0.227 e. The molecular weight excluding hydrogens is 350 g/mol. The van der Waals surface area contributed by atoms with Gasteiger partial charge in [0.05, 0.1) is 5.69 Å². The topological polar surface area (TPSA) is 92.9 Å². The van der Waals surface area contributed by atoms with Crippen LogP contribution in [0.25, 0.3) is 11.3 Å². The predicted molar refractivity (Wildman–Crippen MR) is 114 cm³/mol. The molecule has 0 saturated carbocycles. The van der Waals surface area contributed by atoms with Crippen molar-refractivity contribution in [2.45, 2.75) is 26.7 Å². The van der Waals surface area contributed by atoms with Crippen LogP contribution < -0.4 is 16.4 Å². The van der Waals surface area contributed by atoms with Crippen molar-refractivity contribution in [1.29, 1.82) is 0 Å². The lowest BCUT2D eigenvalue weighted by Gasteiger charge is -2.10. The molecule has 2 aromatic carbocycles. The first kappa shape index (κ1) is 19.4. The minimum Gasteiger partial charge on any atom is -0.399 e. The van der Waals surface area contributed by atoms with Crippen LogP contribution in [0, 0.1) is 5.92 Å². The normalized spacial score (nSPS) is 11.6. The smallest absolute Gasteiger partial charge is 0.227 e. The van der Waals surface area contributed by atoms with Gasteiger partial charge in [-0.15, -0.1) is 0 Å². The summed E-state index contributed by atoms with van der Waals surface area (Å²) in [6, 6.07) is 16.9. The van der Waals surface area contributed by atoms with Gasteiger partial charge in [0.25, 0.3) is 0 Å². The minimum atomic E-state index is 0.0396. The summed E-state index contributed by atoms with van der Waals surface area (Å²) in [5.41, 5.74) is 9.82. The van der Waals surface area contributed by atoms with E-state index in [2.05, 4.69) is 34.4 Å². The Labute approximate surface area is 165 Å². The van der Waals surface area contributed by atoms with Crippen molar-refractivity contribution in [3.63, 3.8) is 0 Å². The van der Waals surface area contributed by atoms with Gasteiger partial charge in [0.2, 0.25) is 11.9 Å². The van der Waals surface area contributed by atoms with Crippen molar-refractivity contribution >= 4 is 28.9 Å². The first-order chi connectivity index (χ1) is 13.5. The third-order valence-electron chi connectivity index (χ3n) is 4.49. The maximum atomic E-state index is 12.0. The highest BCUT2D eigenvalue weighted by atomic mass is 16.1. The molecule has 6 heteroatoms. The van der Waals surface area contributed by atoms with Crippen molar-refractivity contribution in [3.05, 3.63) is 60.8 Å². The molecule has 3 rings (SSSR count). The van der Waals surface area contributed by atoms with Crippen LogP contribution in [-0.2, 0) is 4.79 Å². The van der Waals surface area contributed by atoms with Gasteiger partial charge in [0, 0.05) is 35.2 Å². The van der Waals surface area contributed by atoms with Gasteiger partial charge in [-0.05, 0) is 42.3 Å². The zero-order valence-electron chi connectivity index (χ0n) is 16.1. The number of carbonyl (C=O) groups excluding carboxylic acids is 1. The van der Waals surface area contributed by atoms with Crippen molar-refractivity contribution in [3.8, 4) is 11.3 Å². The summed E-state index contributed by atoms with van der Waals surface area (Å²) in [6.07, 6.45) is 3.23. The largest absolute Gasteiger partial charge is 0.399 e. The molecule has 1 heterocycles. The molecule has 6 nitrogen and oxygen atoms in total. The second kappa shape index (κ2) is 8.99. The molecule has 0 radical (unpaired) electrons. The van der Waals surface area contributed by atoms with E-state index in [0.717, 1.165) is 29.1 Å². The Morgan fingerprint density at radius 3 is 2.61 bits per heavy atom. The molecule has 1 atom stereocenters. The van der Waals surface area contributed by atoms with Crippen LogP contribution in [0.3, 0.4) is 0 Å². The van der Waals surface area contributed by atoms with Gasteiger partial charge in [-0.25, -0.2) is 9.97 Å². The van der Waals surface area contributed by atoms with E-state index in [1.54, 1.807) is 6.20 Å².